The summed E-state index contributed by atoms with van der Waals surface area (Å²) in [7, 11) is 0. The van der Waals surface area contributed by atoms with Crippen molar-refractivity contribution >= 4 is 23.7 Å². The molecular formula is C13H16N6O2S. The summed E-state index contributed by atoms with van der Waals surface area (Å²) in [6, 6.07) is 5.02. The van der Waals surface area contributed by atoms with Crippen LogP contribution < -0.4 is 11.1 Å². The number of aromatic nitrogens is 4. The van der Waals surface area contributed by atoms with E-state index in [-0.39, 0.29) is 0 Å². The number of amides is 3. The van der Waals surface area contributed by atoms with E-state index >= 15 is 0 Å². The van der Waals surface area contributed by atoms with Gasteiger partial charge in [0.25, 0.3) is 0 Å². The second-order valence-corrected chi connectivity index (χ2v) is 6.08. The van der Waals surface area contributed by atoms with Gasteiger partial charge in [-0.3, -0.25) is 10.1 Å². The molecule has 0 spiro atoms. The first-order valence-corrected chi connectivity index (χ1v) is 7.39. The molecule has 0 saturated carbocycles. The Morgan fingerprint density at radius 3 is 2.73 bits per heavy atom. The number of benzene rings is 1. The molecule has 0 unspecified atom stereocenters. The maximum absolute atomic E-state index is 11.7. The molecule has 1 atom stereocenters. The van der Waals surface area contributed by atoms with Crippen LogP contribution in [0.3, 0.4) is 0 Å². The van der Waals surface area contributed by atoms with Gasteiger partial charge >= 0.3 is 6.03 Å². The monoisotopic (exact) mass is 320 g/mol. The Labute approximate surface area is 131 Å². The first-order chi connectivity index (χ1) is 10.4. The lowest BCUT2D eigenvalue weighted by Crippen LogP contribution is -2.39. The van der Waals surface area contributed by atoms with Gasteiger partial charge in [0.15, 0.2) is 0 Å². The van der Waals surface area contributed by atoms with E-state index in [1.165, 1.54) is 0 Å². The number of carbonyl (C=O) groups excluding carboxylic acids is 2. The average Bonchev–Trinajstić information content (AvgIpc) is 2.86. The van der Waals surface area contributed by atoms with Crippen LogP contribution in [0.4, 0.5) is 4.79 Å². The van der Waals surface area contributed by atoms with Crippen LogP contribution in [0.15, 0.2) is 23.4 Å². The molecule has 116 valence electrons. The van der Waals surface area contributed by atoms with Crippen molar-refractivity contribution in [1.82, 2.24) is 25.5 Å². The van der Waals surface area contributed by atoms with Crippen LogP contribution in [0, 0.1) is 13.8 Å². The van der Waals surface area contributed by atoms with Crippen molar-refractivity contribution in [2.45, 2.75) is 31.2 Å². The fourth-order valence-corrected chi connectivity index (χ4v) is 2.68. The SMILES string of the molecule is Cc1ccc(-n2nnnc2S[C@H](C)C(=O)NC(N)=O)c(C)c1. The van der Waals surface area contributed by atoms with Crippen LogP contribution in [0.1, 0.15) is 18.1 Å². The molecule has 0 aliphatic heterocycles. The van der Waals surface area contributed by atoms with Gasteiger partial charge in [-0.1, -0.05) is 29.5 Å². The van der Waals surface area contributed by atoms with Crippen molar-refractivity contribution in [2.24, 2.45) is 5.73 Å². The fraction of sp³-hybridized carbons (Fsp3) is 0.308. The molecule has 2 aromatic rings. The van der Waals surface area contributed by atoms with E-state index in [1.807, 2.05) is 37.4 Å². The Morgan fingerprint density at radius 1 is 1.36 bits per heavy atom. The number of aryl methyl sites for hydroxylation is 2. The molecule has 1 aromatic carbocycles. The first kappa shape index (κ1) is 16.0. The number of imide groups is 1. The largest absolute Gasteiger partial charge is 0.351 e. The van der Waals surface area contributed by atoms with E-state index in [9.17, 15) is 9.59 Å². The molecule has 1 aromatic heterocycles. The molecule has 0 aliphatic rings. The van der Waals surface area contributed by atoms with Gasteiger partial charge < -0.3 is 5.73 Å². The summed E-state index contributed by atoms with van der Waals surface area (Å²) in [4.78, 5) is 22.4. The maximum Gasteiger partial charge on any atom is 0.318 e. The van der Waals surface area contributed by atoms with Gasteiger partial charge in [0, 0.05) is 0 Å². The zero-order chi connectivity index (χ0) is 16.3. The van der Waals surface area contributed by atoms with Gasteiger partial charge in [-0.25, -0.2) is 4.79 Å². The summed E-state index contributed by atoms with van der Waals surface area (Å²) < 4.78 is 1.56. The predicted octanol–water partition coefficient (Wildman–Crippen LogP) is 0.955. The normalized spacial score (nSPS) is 12.0. The lowest BCUT2D eigenvalue weighted by molar-refractivity contribution is -0.119. The molecule has 9 heteroatoms. The highest BCUT2D eigenvalue weighted by Gasteiger charge is 2.20. The zero-order valence-corrected chi connectivity index (χ0v) is 13.2. The van der Waals surface area contributed by atoms with Crippen LogP contribution >= 0.6 is 11.8 Å². The maximum atomic E-state index is 11.7. The van der Waals surface area contributed by atoms with Crippen molar-refractivity contribution in [1.29, 1.82) is 0 Å². The van der Waals surface area contributed by atoms with Crippen molar-refractivity contribution in [2.75, 3.05) is 0 Å². The molecule has 0 bridgehead atoms. The topological polar surface area (TPSA) is 116 Å². The summed E-state index contributed by atoms with van der Waals surface area (Å²) in [5, 5.41) is 13.5. The number of hydrogen-bond acceptors (Lipinski definition) is 6. The number of rotatable bonds is 4. The Hall–Kier alpha value is -2.42. The highest BCUT2D eigenvalue weighted by atomic mass is 32.2. The predicted molar refractivity (Wildman–Crippen MR) is 81.7 cm³/mol. The van der Waals surface area contributed by atoms with Crippen LogP contribution in [-0.2, 0) is 4.79 Å². The summed E-state index contributed by atoms with van der Waals surface area (Å²) in [5.74, 6) is -0.493. The molecule has 0 fully saturated rings. The van der Waals surface area contributed by atoms with Crippen molar-refractivity contribution in [3.63, 3.8) is 0 Å². The Kier molecular flexibility index (Phi) is 4.76. The number of nitrogens with one attached hydrogen (secondary N) is 1. The van der Waals surface area contributed by atoms with E-state index < -0.39 is 17.2 Å². The van der Waals surface area contributed by atoms with Crippen molar-refractivity contribution < 1.29 is 9.59 Å². The van der Waals surface area contributed by atoms with Gasteiger partial charge in [0.05, 0.1) is 10.9 Å². The molecule has 3 N–H and O–H groups in total. The number of nitrogens with zero attached hydrogens (tertiary/aromatic N) is 4. The molecule has 0 radical (unpaired) electrons. The van der Waals surface area contributed by atoms with E-state index in [4.69, 9.17) is 5.73 Å². The number of nitrogens with two attached hydrogens (primary N) is 1. The van der Waals surface area contributed by atoms with E-state index in [2.05, 4.69) is 15.5 Å². The minimum Gasteiger partial charge on any atom is -0.351 e. The van der Waals surface area contributed by atoms with Gasteiger partial charge in [-0.2, -0.15) is 4.68 Å². The summed E-state index contributed by atoms with van der Waals surface area (Å²) in [5.41, 5.74) is 7.92. The van der Waals surface area contributed by atoms with Crippen molar-refractivity contribution in [3.8, 4) is 5.69 Å². The van der Waals surface area contributed by atoms with Crippen LogP contribution in [0.5, 0.6) is 0 Å². The number of primary amides is 1. The van der Waals surface area contributed by atoms with Gasteiger partial charge in [-0.15, -0.1) is 5.10 Å². The third-order valence-corrected chi connectivity index (χ3v) is 3.95. The molecule has 0 saturated heterocycles. The number of tetrazole rings is 1. The highest BCUT2D eigenvalue weighted by molar-refractivity contribution is 8.00. The van der Waals surface area contributed by atoms with Crippen LogP contribution in [0.2, 0.25) is 0 Å². The lowest BCUT2D eigenvalue weighted by Gasteiger charge is -2.11. The standard InChI is InChI=1S/C13H16N6O2S/c1-7-4-5-10(8(2)6-7)19-13(16-17-18-19)22-9(3)11(20)15-12(14)21/h4-6,9H,1-3H3,(H3,14,15,20,21)/t9-/m1/s1. The van der Waals surface area contributed by atoms with E-state index in [1.54, 1.807) is 11.6 Å². The fourth-order valence-electron chi connectivity index (χ4n) is 1.88. The number of carbonyl (C=O) groups is 2. The molecule has 3 amide bonds. The third-order valence-electron chi connectivity index (χ3n) is 2.92. The summed E-state index contributed by atoms with van der Waals surface area (Å²) in [6.07, 6.45) is 0. The Balaban J connectivity index is 2.23. The molecule has 22 heavy (non-hydrogen) atoms. The first-order valence-electron chi connectivity index (χ1n) is 6.51. The quantitative estimate of drug-likeness (QED) is 0.810. The highest BCUT2D eigenvalue weighted by Crippen LogP contribution is 2.24. The van der Waals surface area contributed by atoms with E-state index in [0.717, 1.165) is 28.6 Å². The molecule has 2 rings (SSSR count). The van der Waals surface area contributed by atoms with Gasteiger partial charge in [0.1, 0.15) is 0 Å². The van der Waals surface area contributed by atoms with Crippen LogP contribution in [0.25, 0.3) is 5.69 Å². The molecule has 1 heterocycles. The number of urea groups is 1. The Bertz CT molecular complexity index is 714. The number of hydrogen-bond donors (Lipinski definition) is 2. The minimum absolute atomic E-state index is 0.457. The number of thioether (sulfide) groups is 1. The van der Waals surface area contributed by atoms with Crippen molar-refractivity contribution in [3.05, 3.63) is 29.3 Å². The zero-order valence-electron chi connectivity index (χ0n) is 12.4. The lowest BCUT2D eigenvalue weighted by atomic mass is 10.1. The van der Waals surface area contributed by atoms with Crippen LogP contribution in [-0.4, -0.2) is 37.4 Å². The molecular weight excluding hydrogens is 304 g/mol. The average molecular weight is 320 g/mol. The second kappa shape index (κ2) is 6.56. The summed E-state index contributed by atoms with van der Waals surface area (Å²) in [6.45, 7) is 5.61. The molecule has 0 aliphatic carbocycles. The Morgan fingerprint density at radius 2 is 2.09 bits per heavy atom. The summed E-state index contributed by atoms with van der Waals surface area (Å²) >= 11 is 1.14. The third kappa shape index (κ3) is 3.61. The van der Waals surface area contributed by atoms with Gasteiger partial charge in [-0.05, 0) is 42.8 Å². The smallest absolute Gasteiger partial charge is 0.318 e. The molecule has 8 nitrogen and oxygen atoms in total. The minimum atomic E-state index is -0.883. The van der Waals surface area contributed by atoms with E-state index in [0.29, 0.717) is 5.16 Å². The van der Waals surface area contributed by atoms with Gasteiger partial charge in [0.2, 0.25) is 11.1 Å². The second-order valence-electron chi connectivity index (χ2n) is 4.78.